The molecule has 0 bridgehead atoms. The summed E-state index contributed by atoms with van der Waals surface area (Å²) >= 11 is 3.69. The Balaban J connectivity index is 1.94. The molecule has 0 saturated carbocycles. The molecule has 2 aromatic rings. The van der Waals surface area contributed by atoms with Crippen molar-refractivity contribution in [2.75, 3.05) is 18.0 Å². The van der Waals surface area contributed by atoms with Crippen LogP contribution in [-0.4, -0.2) is 17.7 Å². The number of hydrogen-bond donors (Lipinski definition) is 0. The maximum Gasteiger partial charge on any atom is 0.0512 e. The van der Waals surface area contributed by atoms with Crippen molar-refractivity contribution in [1.82, 2.24) is 4.57 Å². The molecule has 88 valence electrons. The van der Waals surface area contributed by atoms with E-state index in [-0.39, 0.29) is 0 Å². The fourth-order valence-corrected chi connectivity index (χ4v) is 3.00. The summed E-state index contributed by atoms with van der Waals surface area (Å²) in [5.41, 5.74) is 2.52. The van der Waals surface area contributed by atoms with Crippen LogP contribution < -0.4 is 4.90 Å². The van der Waals surface area contributed by atoms with Crippen molar-refractivity contribution in [3.05, 3.63) is 47.2 Å². The predicted octanol–water partition coefficient (Wildman–Crippen LogP) is 3.84. The third-order valence-corrected chi connectivity index (χ3v) is 3.92. The topological polar surface area (TPSA) is 8.17 Å². The van der Waals surface area contributed by atoms with E-state index in [1.54, 1.807) is 0 Å². The van der Waals surface area contributed by atoms with Crippen LogP contribution in [0.2, 0.25) is 0 Å². The van der Waals surface area contributed by atoms with Gasteiger partial charge in [0.25, 0.3) is 0 Å². The number of aromatic nitrogens is 1. The maximum atomic E-state index is 3.69. The van der Waals surface area contributed by atoms with E-state index in [0.29, 0.717) is 0 Å². The lowest BCUT2D eigenvalue weighted by molar-refractivity contribution is 0.949. The second-order valence-electron chi connectivity index (χ2n) is 4.42. The highest BCUT2D eigenvalue weighted by Gasteiger charge is 2.15. The first kappa shape index (κ1) is 10.9. The lowest BCUT2D eigenvalue weighted by Gasteiger charge is -2.20. The summed E-state index contributed by atoms with van der Waals surface area (Å²) in [5.74, 6) is 0. The van der Waals surface area contributed by atoms with Gasteiger partial charge in [0, 0.05) is 35.6 Å². The molecule has 2 nitrogen and oxygen atoms in total. The van der Waals surface area contributed by atoms with Crippen molar-refractivity contribution in [3.8, 4) is 5.69 Å². The Morgan fingerprint density at radius 3 is 2.35 bits per heavy atom. The number of benzene rings is 1. The number of nitrogens with zero attached hydrogens (tertiary/aromatic N) is 2. The average Bonchev–Trinajstić information content (AvgIpc) is 3.02. The highest BCUT2D eigenvalue weighted by Crippen LogP contribution is 2.30. The lowest BCUT2D eigenvalue weighted by atomic mass is 10.2. The van der Waals surface area contributed by atoms with Crippen LogP contribution >= 0.6 is 15.9 Å². The van der Waals surface area contributed by atoms with Gasteiger partial charge >= 0.3 is 0 Å². The van der Waals surface area contributed by atoms with Crippen molar-refractivity contribution in [2.45, 2.75) is 12.8 Å². The monoisotopic (exact) mass is 290 g/mol. The summed E-state index contributed by atoms with van der Waals surface area (Å²) in [6.45, 7) is 2.36. The molecule has 1 aliphatic rings. The van der Waals surface area contributed by atoms with Crippen LogP contribution in [0.4, 0.5) is 5.69 Å². The Hall–Kier alpha value is -1.22. The van der Waals surface area contributed by atoms with E-state index >= 15 is 0 Å². The molecule has 1 aromatic heterocycles. The molecule has 0 aliphatic carbocycles. The molecule has 17 heavy (non-hydrogen) atoms. The SMILES string of the molecule is Brc1cc(-n2cccc2)ccc1N1CCCC1. The quantitative estimate of drug-likeness (QED) is 0.816. The van der Waals surface area contributed by atoms with Crippen LogP contribution in [-0.2, 0) is 0 Å². The summed E-state index contributed by atoms with van der Waals surface area (Å²) in [7, 11) is 0. The van der Waals surface area contributed by atoms with Crippen LogP contribution in [0.3, 0.4) is 0 Å². The van der Waals surface area contributed by atoms with Gasteiger partial charge in [0.2, 0.25) is 0 Å². The van der Waals surface area contributed by atoms with E-state index < -0.39 is 0 Å². The smallest absolute Gasteiger partial charge is 0.0512 e. The van der Waals surface area contributed by atoms with Gasteiger partial charge in [-0.05, 0) is 59.1 Å². The van der Waals surface area contributed by atoms with Gasteiger partial charge in [-0.2, -0.15) is 0 Å². The highest BCUT2D eigenvalue weighted by molar-refractivity contribution is 9.10. The predicted molar refractivity (Wildman–Crippen MR) is 74.9 cm³/mol. The first-order valence-corrected chi connectivity index (χ1v) is 6.82. The third-order valence-electron chi connectivity index (χ3n) is 3.28. The van der Waals surface area contributed by atoms with E-state index in [9.17, 15) is 0 Å². The number of rotatable bonds is 2. The summed E-state index contributed by atoms with van der Waals surface area (Å²) < 4.78 is 3.31. The molecule has 0 N–H and O–H groups in total. The van der Waals surface area contributed by atoms with Crippen molar-refractivity contribution in [1.29, 1.82) is 0 Å². The van der Waals surface area contributed by atoms with E-state index in [4.69, 9.17) is 0 Å². The molecular formula is C14H15BrN2. The van der Waals surface area contributed by atoms with E-state index in [2.05, 4.69) is 56.0 Å². The fourth-order valence-electron chi connectivity index (χ4n) is 2.38. The Labute approximate surface area is 110 Å². The minimum atomic E-state index is 1.18. The van der Waals surface area contributed by atoms with Gasteiger partial charge in [-0.1, -0.05) is 0 Å². The van der Waals surface area contributed by atoms with E-state index in [0.717, 1.165) is 0 Å². The van der Waals surface area contributed by atoms with Gasteiger partial charge in [0.15, 0.2) is 0 Å². The zero-order valence-corrected chi connectivity index (χ0v) is 11.2. The molecule has 0 spiro atoms. The van der Waals surface area contributed by atoms with Gasteiger partial charge in [-0.25, -0.2) is 0 Å². The number of anilines is 1. The second kappa shape index (κ2) is 4.57. The average molecular weight is 291 g/mol. The lowest BCUT2D eigenvalue weighted by Crippen LogP contribution is -2.18. The zero-order chi connectivity index (χ0) is 11.7. The minimum absolute atomic E-state index is 1.18. The summed E-state index contributed by atoms with van der Waals surface area (Å²) in [5, 5.41) is 0. The van der Waals surface area contributed by atoms with Gasteiger partial charge in [-0.3, -0.25) is 0 Å². The third kappa shape index (κ3) is 2.12. The van der Waals surface area contributed by atoms with Crippen molar-refractivity contribution >= 4 is 21.6 Å². The van der Waals surface area contributed by atoms with Gasteiger partial charge in [-0.15, -0.1) is 0 Å². The minimum Gasteiger partial charge on any atom is -0.371 e. The van der Waals surface area contributed by atoms with Gasteiger partial charge < -0.3 is 9.47 Å². The van der Waals surface area contributed by atoms with Crippen LogP contribution in [0.1, 0.15) is 12.8 Å². The molecule has 0 unspecified atom stereocenters. The summed E-state index contributed by atoms with van der Waals surface area (Å²) in [6.07, 6.45) is 6.76. The Morgan fingerprint density at radius 2 is 1.71 bits per heavy atom. The zero-order valence-electron chi connectivity index (χ0n) is 9.64. The molecule has 3 heteroatoms. The molecule has 3 rings (SSSR count). The summed E-state index contributed by atoms with van der Waals surface area (Å²) in [4.78, 5) is 2.45. The number of hydrogen-bond acceptors (Lipinski definition) is 1. The second-order valence-corrected chi connectivity index (χ2v) is 5.27. The largest absolute Gasteiger partial charge is 0.371 e. The van der Waals surface area contributed by atoms with Crippen LogP contribution in [0.25, 0.3) is 5.69 Å². The van der Waals surface area contributed by atoms with Crippen molar-refractivity contribution in [3.63, 3.8) is 0 Å². The molecular weight excluding hydrogens is 276 g/mol. The molecule has 2 heterocycles. The van der Waals surface area contributed by atoms with Crippen LogP contribution in [0, 0.1) is 0 Å². The molecule has 0 atom stereocenters. The van der Waals surface area contributed by atoms with Crippen molar-refractivity contribution < 1.29 is 0 Å². The first-order valence-electron chi connectivity index (χ1n) is 6.02. The van der Waals surface area contributed by atoms with E-state index in [1.807, 2.05) is 12.1 Å². The number of halogens is 1. The molecule has 1 aromatic carbocycles. The van der Waals surface area contributed by atoms with Crippen LogP contribution in [0.5, 0.6) is 0 Å². The molecule has 1 aliphatic heterocycles. The molecule has 1 saturated heterocycles. The van der Waals surface area contributed by atoms with E-state index in [1.165, 1.54) is 41.8 Å². The van der Waals surface area contributed by atoms with Gasteiger partial charge in [0.1, 0.15) is 0 Å². The molecule has 0 amide bonds. The molecule has 0 radical (unpaired) electrons. The normalized spacial score (nSPS) is 15.5. The standard InChI is InChI=1S/C14H15BrN2/c15-13-11-12(16-7-1-2-8-16)5-6-14(13)17-9-3-4-10-17/h1-2,5-8,11H,3-4,9-10H2. The van der Waals surface area contributed by atoms with Crippen LogP contribution in [0.15, 0.2) is 47.2 Å². The maximum absolute atomic E-state index is 3.69. The Morgan fingerprint density at radius 1 is 1.00 bits per heavy atom. The fraction of sp³-hybridized carbons (Fsp3) is 0.286. The highest BCUT2D eigenvalue weighted by atomic mass is 79.9. The first-order chi connectivity index (χ1) is 8.34. The molecule has 1 fully saturated rings. The Kier molecular flexibility index (Phi) is 2.93. The van der Waals surface area contributed by atoms with Gasteiger partial charge in [0.05, 0.1) is 5.69 Å². The Bertz CT molecular complexity index is 499. The summed E-state index contributed by atoms with van der Waals surface area (Å²) in [6, 6.07) is 10.7. The van der Waals surface area contributed by atoms with Crippen molar-refractivity contribution in [2.24, 2.45) is 0 Å².